The average molecular weight is 376 g/mol. The minimum absolute atomic E-state index is 0.00190. The van der Waals surface area contributed by atoms with Crippen molar-refractivity contribution in [1.82, 2.24) is 15.8 Å². The second-order valence-electron chi connectivity index (χ2n) is 7.53. The highest BCUT2D eigenvalue weighted by Gasteiger charge is 2.38. The Hall–Kier alpha value is -2.77. The molecule has 1 aliphatic rings. The van der Waals surface area contributed by atoms with E-state index in [0.717, 1.165) is 17.9 Å². The lowest BCUT2D eigenvalue weighted by Crippen LogP contribution is -2.54. The number of nitrogens with one attached hydrogen (secondary N) is 3. The molecule has 1 atom stereocenters. The number of ether oxygens (including phenoxy) is 1. The highest BCUT2D eigenvalue weighted by atomic mass is 16.5. The molecule has 3 amide bonds. The van der Waals surface area contributed by atoms with Gasteiger partial charge in [0.15, 0.2) is 0 Å². The van der Waals surface area contributed by atoms with Crippen LogP contribution in [0.15, 0.2) is 24.3 Å². The Bertz CT molecular complexity index is 682. The third-order valence-electron chi connectivity index (χ3n) is 4.33. The van der Waals surface area contributed by atoms with E-state index in [-0.39, 0.29) is 24.3 Å². The highest BCUT2D eigenvalue weighted by molar-refractivity contribution is 5.91. The lowest BCUT2D eigenvalue weighted by Gasteiger charge is -2.30. The summed E-state index contributed by atoms with van der Waals surface area (Å²) in [6.45, 7) is 6.04. The van der Waals surface area contributed by atoms with Gasteiger partial charge in [0.2, 0.25) is 5.91 Å². The van der Waals surface area contributed by atoms with Crippen LogP contribution in [-0.4, -0.2) is 48.9 Å². The summed E-state index contributed by atoms with van der Waals surface area (Å²) in [7, 11) is 1.58. The van der Waals surface area contributed by atoms with E-state index in [4.69, 9.17) is 4.74 Å². The van der Waals surface area contributed by atoms with Gasteiger partial charge in [0.05, 0.1) is 13.7 Å². The molecule has 8 nitrogen and oxygen atoms in total. The van der Waals surface area contributed by atoms with Crippen LogP contribution in [0.2, 0.25) is 0 Å². The number of likely N-dealkylation sites (tertiary alicyclic amines) is 1. The van der Waals surface area contributed by atoms with Crippen LogP contribution in [-0.2, 0) is 14.4 Å². The Labute approximate surface area is 159 Å². The largest absolute Gasteiger partial charge is 0.497 e. The molecule has 0 radical (unpaired) electrons. The maximum atomic E-state index is 12.5. The molecule has 8 heteroatoms. The number of amides is 3. The second kappa shape index (κ2) is 8.75. The van der Waals surface area contributed by atoms with E-state index in [0.29, 0.717) is 13.0 Å². The van der Waals surface area contributed by atoms with Crippen molar-refractivity contribution in [3.8, 4) is 5.75 Å². The number of methoxy groups -OCH3 is 1. The third-order valence-corrected chi connectivity index (χ3v) is 4.33. The number of hydrogen-bond acceptors (Lipinski definition) is 5. The van der Waals surface area contributed by atoms with Crippen LogP contribution >= 0.6 is 0 Å². The van der Waals surface area contributed by atoms with Crippen molar-refractivity contribution in [2.75, 3.05) is 25.5 Å². The molecule has 1 aromatic carbocycles. The lowest BCUT2D eigenvalue weighted by atomic mass is 9.94. The molecule has 1 aliphatic heterocycles. The smallest absolute Gasteiger partial charge is 0.261 e. The minimum Gasteiger partial charge on any atom is -0.497 e. The number of hydrogen-bond donors (Lipinski definition) is 3. The van der Waals surface area contributed by atoms with E-state index in [1.807, 2.05) is 20.8 Å². The first-order valence-electron chi connectivity index (χ1n) is 9.00. The van der Waals surface area contributed by atoms with Crippen LogP contribution in [0.4, 0.5) is 5.69 Å². The van der Waals surface area contributed by atoms with Gasteiger partial charge >= 0.3 is 0 Å². The fourth-order valence-corrected chi connectivity index (χ4v) is 2.86. The van der Waals surface area contributed by atoms with Gasteiger partial charge in [-0.1, -0.05) is 20.8 Å². The molecule has 1 heterocycles. The highest BCUT2D eigenvalue weighted by Crippen LogP contribution is 2.25. The van der Waals surface area contributed by atoms with Gasteiger partial charge in [-0.05, 0) is 37.1 Å². The number of rotatable bonds is 5. The Morgan fingerprint density at radius 3 is 2.41 bits per heavy atom. The van der Waals surface area contributed by atoms with E-state index >= 15 is 0 Å². The third kappa shape index (κ3) is 5.60. The van der Waals surface area contributed by atoms with Crippen LogP contribution in [0, 0.1) is 5.41 Å². The summed E-state index contributed by atoms with van der Waals surface area (Å²) in [6.07, 6.45) is 1.36. The Morgan fingerprint density at radius 2 is 1.81 bits per heavy atom. The van der Waals surface area contributed by atoms with Crippen molar-refractivity contribution in [1.29, 1.82) is 0 Å². The van der Waals surface area contributed by atoms with Gasteiger partial charge in [-0.3, -0.25) is 25.2 Å². The first kappa shape index (κ1) is 20.5. The molecule has 1 fully saturated rings. The van der Waals surface area contributed by atoms with Gasteiger partial charge in [0.25, 0.3) is 11.8 Å². The van der Waals surface area contributed by atoms with Crippen molar-refractivity contribution >= 4 is 23.4 Å². The molecule has 0 bridgehead atoms. The SMILES string of the molecule is COc1ccc(NCC(=O)NNC(=O)C2CCCN2C(=O)C(C)(C)C)cc1. The van der Waals surface area contributed by atoms with Crippen molar-refractivity contribution in [3.63, 3.8) is 0 Å². The molecule has 0 aromatic heterocycles. The van der Waals surface area contributed by atoms with E-state index in [2.05, 4.69) is 16.2 Å². The quantitative estimate of drug-likeness (QED) is 0.673. The van der Waals surface area contributed by atoms with Crippen molar-refractivity contribution < 1.29 is 19.1 Å². The van der Waals surface area contributed by atoms with Gasteiger partial charge < -0.3 is 15.0 Å². The van der Waals surface area contributed by atoms with Crippen molar-refractivity contribution in [3.05, 3.63) is 24.3 Å². The maximum Gasteiger partial charge on any atom is 0.261 e. The summed E-state index contributed by atoms with van der Waals surface area (Å²) < 4.78 is 5.07. The van der Waals surface area contributed by atoms with Crippen LogP contribution in [0.5, 0.6) is 5.75 Å². The molecule has 0 saturated carbocycles. The summed E-state index contributed by atoms with van der Waals surface area (Å²) in [4.78, 5) is 38.4. The zero-order chi connectivity index (χ0) is 20.0. The van der Waals surface area contributed by atoms with Gasteiger partial charge in [-0.2, -0.15) is 0 Å². The molecule has 0 spiro atoms. The van der Waals surface area contributed by atoms with Crippen LogP contribution in [0.3, 0.4) is 0 Å². The molecule has 1 unspecified atom stereocenters. The standard InChI is InChI=1S/C19H28N4O4/c1-19(2,3)18(26)23-11-5-6-15(23)17(25)22-21-16(24)12-20-13-7-9-14(27-4)10-8-13/h7-10,15,20H,5-6,11-12H2,1-4H3,(H,21,24)(H,22,25). The van der Waals surface area contributed by atoms with Gasteiger partial charge in [-0.25, -0.2) is 0 Å². The maximum absolute atomic E-state index is 12.5. The van der Waals surface area contributed by atoms with Crippen molar-refractivity contribution in [2.24, 2.45) is 5.41 Å². The summed E-state index contributed by atoms with van der Waals surface area (Å²) in [5, 5.41) is 2.95. The number of carbonyl (C=O) groups is 3. The zero-order valence-electron chi connectivity index (χ0n) is 16.3. The molecule has 27 heavy (non-hydrogen) atoms. The number of benzene rings is 1. The minimum atomic E-state index is -0.549. The first-order valence-corrected chi connectivity index (χ1v) is 9.00. The number of carbonyl (C=O) groups excluding carboxylic acids is 3. The van der Waals surface area contributed by atoms with E-state index < -0.39 is 11.5 Å². The Morgan fingerprint density at radius 1 is 1.15 bits per heavy atom. The topological polar surface area (TPSA) is 99.8 Å². The lowest BCUT2D eigenvalue weighted by molar-refractivity contribution is -0.145. The summed E-state index contributed by atoms with van der Waals surface area (Å²) in [5.41, 5.74) is 5.02. The number of nitrogens with zero attached hydrogens (tertiary/aromatic N) is 1. The van der Waals surface area contributed by atoms with E-state index in [1.54, 1.807) is 36.3 Å². The molecule has 1 saturated heterocycles. The monoisotopic (exact) mass is 376 g/mol. The summed E-state index contributed by atoms with van der Waals surface area (Å²) in [5.74, 6) is -0.0930. The summed E-state index contributed by atoms with van der Waals surface area (Å²) in [6, 6.07) is 6.59. The van der Waals surface area contributed by atoms with E-state index in [1.165, 1.54) is 0 Å². The fraction of sp³-hybridized carbons (Fsp3) is 0.526. The summed E-state index contributed by atoms with van der Waals surface area (Å²) >= 11 is 0. The van der Waals surface area contributed by atoms with E-state index in [9.17, 15) is 14.4 Å². The molecular formula is C19H28N4O4. The predicted molar refractivity (Wildman–Crippen MR) is 102 cm³/mol. The molecule has 148 valence electrons. The average Bonchev–Trinajstić information content (AvgIpc) is 3.13. The molecule has 0 aliphatic carbocycles. The van der Waals surface area contributed by atoms with Crippen LogP contribution < -0.4 is 20.9 Å². The second-order valence-corrected chi connectivity index (χ2v) is 7.53. The van der Waals surface area contributed by atoms with Crippen LogP contribution in [0.1, 0.15) is 33.6 Å². The van der Waals surface area contributed by atoms with Crippen molar-refractivity contribution in [2.45, 2.75) is 39.7 Å². The first-order chi connectivity index (χ1) is 12.7. The van der Waals surface area contributed by atoms with Gasteiger partial charge in [0.1, 0.15) is 11.8 Å². The Balaban J connectivity index is 1.80. The number of anilines is 1. The number of hydrazine groups is 1. The molecule has 2 rings (SSSR count). The zero-order valence-corrected chi connectivity index (χ0v) is 16.3. The molecular weight excluding hydrogens is 348 g/mol. The molecule has 1 aromatic rings. The van der Waals surface area contributed by atoms with Gasteiger partial charge in [-0.15, -0.1) is 0 Å². The molecule has 3 N–H and O–H groups in total. The normalized spacial score (nSPS) is 16.6. The Kier molecular flexibility index (Phi) is 6.65. The van der Waals surface area contributed by atoms with Crippen LogP contribution in [0.25, 0.3) is 0 Å². The fourth-order valence-electron chi connectivity index (χ4n) is 2.86. The predicted octanol–water partition coefficient (Wildman–Crippen LogP) is 1.29. The van der Waals surface area contributed by atoms with Gasteiger partial charge in [0, 0.05) is 17.6 Å².